The molecule has 8 nitrogen and oxygen atoms in total. The number of thiazole rings is 1. The summed E-state index contributed by atoms with van der Waals surface area (Å²) >= 11 is 1.29. The molecular formula is C21H21N5O3S. The number of amides is 3. The molecule has 4 rings (SSSR count). The smallest absolute Gasteiger partial charge is 0.265 e. The number of hydrogen-bond acceptors (Lipinski definition) is 5. The van der Waals surface area contributed by atoms with Gasteiger partial charge in [0.15, 0.2) is 5.13 Å². The van der Waals surface area contributed by atoms with Gasteiger partial charge in [-0.3, -0.25) is 14.4 Å². The summed E-state index contributed by atoms with van der Waals surface area (Å²) in [4.78, 5) is 45.1. The molecule has 0 aliphatic carbocycles. The van der Waals surface area contributed by atoms with E-state index in [1.807, 2.05) is 30.3 Å². The Morgan fingerprint density at radius 1 is 1.30 bits per heavy atom. The first-order chi connectivity index (χ1) is 14.5. The van der Waals surface area contributed by atoms with Crippen molar-refractivity contribution in [1.29, 1.82) is 0 Å². The summed E-state index contributed by atoms with van der Waals surface area (Å²) < 4.78 is 0. The first-order valence-corrected chi connectivity index (χ1v) is 10.4. The normalized spacial score (nSPS) is 16.1. The van der Waals surface area contributed by atoms with Gasteiger partial charge in [-0.05, 0) is 18.1 Å². The number of nitrogens with one attached hydrogen (secondary N) is 2. The molecule has 0 radical (unpaired) electrons. The second-order valence-electron chi connectivity index (χ2n) is 7.17. The molecule has 3 amide bonds. The van der Waals surface area contributed by atoms with E-state index in [9.17, 15) is 14.4 Å². The molecule has 0 bridgehead atoms. The van der Waals surface area contributed by atoms with Crippen LogP contribution >= 0.6 is 11.3 Å². The Balaban J connectivity index is 1.33. The van der Waals surface area contributed by atoms with Gasteiger partial charge in [0, 0.05) is 36.7 Å². The highest BCUT2D eigenvalue weighted by Crippen LogP contribution is 2.27. The molecule has 1 fully saturated rings. The monoisotopic (exact) mass is 423 g/mol. The highest BCUT2D eigenvalue weighted by molar-refractivity contribution is 7.14. The standard InChI is InChI=1S/C21H21N5O3S/c22-19(28)16-8-14(10-23-16)17-12-30-21(24-17)25-20(29)15-9-18(27)26(11-15)7-6-13-4-2-1-3-5-13/h1-5,8,10,12,15,23H,6-7,9,11H2,(H2,22,28)(H,24,25,29). The number of benzene rings is 1. The molecule has 1 atom stereocenters. The van der Waals surface area contributed by atoms with E-state index in [-0.39, 0.29) is 18.2 Å². The molecule has 1 aliphatic rings. The minimum Gasteiger partial charge on any atom is -0.364 e. The number of aromatic amines is 1. The molecule has 1 aliphatic heterocycles. The van der Waals surface area contributed by atoms with Crippen LogP contribution < -0.4 is 11.1 Å². The van der Waals surface area contributed by atoms with Crippen molar-refractivity contribution in [3.8, 4) is 11.3 Å². The van der Waals surface area contributed by atoms with Crippen LogP contribution in [-0.4, -0.2) is 45.7 Å². The molecule has 9 heteroatoms. The predicted molar refractivity (Wildman–Crippen MR) is 114 cm³/mol. The molecule has 2 aromatic heterocycles. The van der Waals surface area contributed by atoms with Crippen LogP contribution in [0.1, 0.15) is 22.5 Å². The zero-order chi connectivity index (χ0) is 21.1. The summed E-state index contributed by atoms with van der Waals surface area (Å²) in [5.41, 5.74) is 8.05. The number of nitrogens with two attached hydrogens (primary N) is 1. The van der Waals surface area contributed by atoms with Gasteiger partial charge in [-0.25, -0.2) is 4.98 Å². The third-order valence-electron chi connectivity index (χ3n) is 5.08. The number of carbonyl (C=O) groups is 3. The fourth-order valence-corrected chi connectivity index (χ4v) is 4.15. The summed E-state index contributed by atoms with van der Waals surface area (Å²) in [5, 5.41) is 5.04. The van der Waals surface area contributed by atoms with Crippen molar-refractivity contribution in [3.05, 3.63) is 59.2 Å². The van der Waals surface area contributed by atoms with E-state index in [0.717, 1.165) is 12.0 Å². The van der Waals surface area contributed by atoms with Crippen LogP contribution in [0.5, 0.6) is 0 Å². The third kappa shape index (κ3) is 4.41. The highest BCUT2D eigenvalue weighted by Gasteiger charge is 2.34. The SMILES string of the molecule is NC(=O)c1cc(-c2csc(NC(=O)C3CC(=O)N(CCc4ccccc4)C3)n2)c[nH]1. The molecule has 0 saturated carbocycles. The Bertz CT molecular complexity index is 1080. The number of primary amides is 1. The van der Waals surface area contributed by atoms with E-state index >= 15 is 0 Å². The quantitative estimate of drug-likeness (QED) is 0.540. The number of anilines is 1. The van der Waals surface area contributed by atoms with E-state index in [1.165, 1.54) is 11.3 Å². The lowest BCUT2D eigenvalue weighted by Crippen LogP contribution is -2.30. The Hall–Kier alpha value is -3.46. The van der Waals surface area contributed by atoms with Crippen molar-refractivity contribution in [2.24, 2.45) is 11.7 Å². The second kappa shape index (κ2) is 8.50. The Morgan fingerprint density at radius 3 is 2.83 bits per heavy atom. The predicted octanol–water partition coefficient (Wildman–Crippen LogP) is 2.27. The maximum absolute atomic E-state index is 12.6. The van der Waals surface area contributed by atoms with Crippen molar-refractivity contribution in [3.63, 3.8) is 0 Å². The molecule has 1 unspecified atom stereocenters. The maximum Gasteiger partial charge on any atom is 0.265 e. The number of likely N-dealkylation sites (tertiary alicyclic amines) is 1. The minimum absolute atomic E-state index is 0.00258. The van der Waals surface area contributed by atoms with Crippen molar-refractivity contribution >= 4 is 34.2 Å². The van der Waals surface area contributed by atoms with Crippen LogP contribution in [0.4, 0.5) is 5.13 Å². The van der Waals surface area contributed by atoms with Gasteiger partial charge in [-0.15, -0.1) is 11.3 Å². The van der Waals surface area contributed by atoms with E-state index in [2.05, 4.69) is 15.3 Å². The molecule has 3 aromatic rings. The average molecular weight is 423 g/mol. The van der Waals surface area contributed by atoms with Crippen LogP contribution in [0.3, 0.4) is 0 Å². The van der Waals surface area contributed by atoms with E-state index in [4.69, 9.17) is 5.73 Å². The number of H-pyrrole nitrogens is 1. The number of nitrogens with zero attached hydrogens (tertiary/aromatic N) is 2. The van der Waals surface area contributed by atoms with E-state index < -0.39 is 11.8 Å². The molecule has 0 spiro atoms. The fourth-order valence-electron chi connectivity index (χ4n) is 3.43. The van der Waals surface area contributed by atoms with Crippen molar-refractivity contribution in [1.82, 2.24) is 14.9 Å². The second-order valence-corrected chi connectivity index (χ2v) is 8.03. The number of hydrogen-bond donors (Lipinski definition) is 3. The van der Waals surface area contributed by atoms with Crippen LogP contribution in [0.15, 0.2) is 48.0 Å². The molecule has 1 saturated heterocycles. The molecule has 154 valence electrons. The van der Waals surface area contributed by atoms with E-state index in [0.29, 0.717) is 35.2 Å². The average Bonchev–Trinajstić information content (AvgIpc) is 3.47. The van der Waals surface area contributed by atoms with Crippen molar-refractivity contribution < 1.29 is 14.4 Å². The lowest BCUT2D eigenvalue weighted by molar-refractivity contribution is -0.128. The molecule has 30 heavy (non-hydrogen) atoms. The van der Waals surface area contributed by atoms with Gasteiger partial charge in [-0.1, -0.05) is 30.3 Å². The Labute approximate surface area is 177 Å². The minimum atomic E-state index is -0.548. The van der Waals surface area contributed by atoms with E-state index in [1.54, 1.807) is 22.5 Å². The zero-order valence-corrected chi connectivity index (χ0v) is 16.9. The summed E-state index contributed by atoms with van der Waals surface area (Å²) in [6.07, 6.45) is 2.61. The summed E-state index contributed by atoms with van der Waals surface area (Å²) in [6.45, 7) is 1.01. The van der Waals surface area contributed by atoms with Gasteiger partial charge in [0.2, 0.25) is 11.8 Å². The highest BCUT2D eigenvalue weighted by atomic mass is 32.1. The van der Waals surface area contributed by atoms with Crippen LogP contribution in [-0.2, 0) is 16.0 Å². The lowest BCUT2D eigenvalue weighted by Gasteiger charge is -2.16. The van der Waals surface area contributed by atoms with Gasteiger partial charge in [0.1, 0.15) is 5.69 Å². The Kier molecular flexibility index (Phi) is 5.62. The number of rotatable bonds is 7. The number of carbonyl (C=O) groups excluding carboxylic acids is 3. The van der Waals surface area contributed by atoms with Gasteiger partial charge >= 0.3 is 0 Å². The molecular weight excluding hydrogens is 402 g/mol. The maximum atomic E-state index is 12.6. The first kappa shape index (κ1) is 19.8. The zero-order valence-electron chi connectivity index (χ0n) is 16.1. The third-order valence-corrected chi connectivity index (χ3v) is 5.83. The largest absolute Gasteiger partial charge is 0.364 e. The molecule has 1 aromatic carbocycles. The van der Waals surface area contributed by atoms with Gasteiger partial charge in [0.05, 0.1) is 11.6 Å². The number of aromatic nitrogens is 2. The van der Waals surface area contributed by atoms with Crippen LogP contribution in [0.25, 0.3) is 11.3 Å². The van der Waals surface area contributed by atoms with Crippen molar-refractivity contribution in [2.45, 2.75) is 12.8 Å². The van der Waals surface area contributed by atoms with Gasteiger partial charge in [-0.2, -0.15) is 0 Å². The Morgan fingerprint density at radius 2 is 2.10 bits per heavy atom. The lowest BCUT2D eigenvalue weighted by atomic mass is 10.1. The summed E-state index contributed by atoms with van der Waals surface area (Å²) in [7, 11) is 0. The fraction of sp³-hybridized carbons (Fsp3) is 0.238. The molecule has 4 N–H and O–H groups in total. The topological polar surface area (TPSA) is 121 Å². The first-order valence-electron chi connectivity index (χ1n) is 9.56. The van der Waals surface area contributed by atoms with Crippen LogP contribution in [0, 0.1) is 5.92 Å². The molecule has 3 heterocycles. The van der Waals surface area contributed by atoms with Gasteiger partial charge < -0.3 is 20.9 Å². The van der Waals surface area contributed by atoms with Crippen molar-refractivity contribution in [2.75, 3.05) is 18.4 Å². The summed E-state index contributed by atoms with van der Waals surface area (Å²) in [6, 6.07) is 11.6. The summed E-state index contributed by atoms with van der Waals surface area (Å²) in [5.74, 6) is -1.15. The van der Waals surface area contributed by atoms with Gasteiger partial charge in [0.25, 0.3) is 5.91 Å². The van der Waals surface area contributed by atoms with Crippen LogP contribution in [0.2, 0.25) is 0 Å².